The van der Waals surface area contributed by atoms with Gasteiger partial charge in [-0.15, -0.1) is 0 Å². The number of aliphatic hydroxyl groups is 1. The van der Waals surface area contributed by atoms with Gasteiger partial charge in [0.2, 0.25) is 0 Å². The molecule has 13 heavy (non-hydrogen) atoms. The van der Waals surface area contributed by atoms with Crippen molar-refractivity contribution in [2.24, 2.45) is 0 Å². The Morgan fingerprint density at radius 2 is 2.31 bits per heavy atom. The fourth-order valence-electron chi connectivity index (χ4n) is 1.73. The molecule has 0 amide bonds. The standard InChI is InChI=1S/C10H12ClNO/c11-8-3-1-2-7(6-8)10-9(13)4-5-12-10/h1-3,6,9-10,12-13H,4-5H2/t9-,10-/m0/s1. The molecule has 1 fully saturated rings. The van der Waals surface area contributed by atoms with Crippen molar-refractivity contribution in [3.05, 3.63) is 34.9 Å². The van der Waals surface area contributed by atoms with Crippen LogP contribution < -0.4 is 5.32 Å². The zero-order valence-electron chi connectivity index (χ0n) is 7.20. The maximum atomic E-state index is 9.63. The summed E-state index contributed by atoms with van der Waals surface area (Å²) >= 11 is 5.86. The Morgan fingerprint density at radius 3 is 2.92 bits per heavy atom. The highest BCUT2D eigenvalue weighted by molar-refractivity contribution is 6.30. The molecule has 1 aromatic rings. The maximum absolute atomic E-state index is 9.63. The lowest BCUT2D eigenvalue weighted by Gasteiger charge is -2.14. The summed E-state index contributed by atoms with van der Waals surface area (Å²) in [6.45, 7) is 0.873. The monoisotopic (exact) mass is 197 g/mol. The largest absolute Gasteiger partial charge is 0.391 e. The summed E-state index contributed by atoms with van der Waals surface area (Å²) in [4.78, 5) is 0. The van der Waals surface area contributed by atoms with Crippen LogP contribution in [0.1, 0.15) is 18.0 Å². The van der Waals surface area contributed by atoms with E-state index in [1.165, 1.54) is 0 Å². The molecular weight excluding hydrogens is 186 g/mol. The molecule has 0 bridgehead atoms. The molecule has 2 rings (SSSR count). The van der Waals surface area contributed by atoms with Gasteiger partial charge in [0.05, 0.1) is 12.1 Å². The number of rotatable bonds is 1. The summed E-state index contributed by atoms with van der Waals surface area (Å²) in [7, 11) is 0. The first-order chi connectivity index (χ1) is 6.27. The van der Waals surface area contributed by atoms with Crippen molar-refractivity contribution in [3.8, 4) is 0 Å². The van der Waals surface area contributed by atoms with E-state index in [9.17, 15) is 5.11 Å². The van der Waals surface area contributed by atoms with E-state index in [2.05, 4.69) is 5.32 Å². The van der Waals surface area contributed by atoms with Crippen LogP contribution >= 0.6 is 11.6 Å². The molecule has 0 saturated carbocycles. The van der Waals surface area contributed by atoms with Gasteiger partial charge < -0.3 is 10.4 Å². The van der Waals surface area contributed by atoms with Crippen molar-refractivity contribution >= 4 is 11.6 Å². The second-order valence-corrected chi connectivity index (χ2v) is 3.78. The molecule has 1 aliphatic heterocycles. The van der Waals surface area contributed by atoms with Gasteiger partial charge in [0.25, 0.3) is 0 Å². The van der Waals surface area contributed by atoms with E-state index in [0.717, 1.165) is 23.6 Å². The Bertz CT molecular complexity index is 303. The quantitative estimate of drug-likeness (QED) is 0.719. The van der Waals surface area contributed by atoms with Gasteiger partial charge in [-0.2, -0.15) is 0 Å². The predicted octanol–water partition coefficient (Wildman–Crippen LogP) is 1.74. The highest BCUT2D eigenvalue weighted by Gasteiger charge is 2.25. The lowest BCUT2D eigenvalue weighted by Crippen LogP contribution is -2.20. The van der Waals surface area contributed by atoms with E-state index in [4.69, 9.17) is 11.6 Å². The first kappa shape index (κ1) is 9.00. The van der Waals surface area contributed by atoms with E-state index in [1.807, 2.05) is 24.3 Å². The Balaban J connectivity index is 2.24. The van der Waals surface area contributed by atoms with E-state index in [0.29, 0.717) is 0 Å². The van der Waals surface area contributed by atoms with Crippen LogP contribution in [0, 0.1) is 0 Å². The zero-order chi connectivity index (χ0) is 9.26. The lowest BCUT2D eigenvalue weighted by molar-refractivity contribution is 0.160. The van der Waals surface area contributed by atoms with Crippen molar-refractivity contribution in [3.63, 3.8) is 0 Å². The summed E-state index contributed by atoms with van der Waals surface area (Å²) in [6.07, 6.45) is 0.537. The van der Waals surface area contributed by atoms with Crippen LogP contribution in [0.3, 0.4) is 0 Å². The SMILES string of the molecule is O[C@H]1CCN[C@H]1c1cccc(Cl)c1. The summed E-state index contributed by atoms with van der Waals surface area (Å²) in [5.41, 5.74) is 1.07. The van der Waals surface area contributed by atoms with Crippen molar-refractivity contribution < 1.29 is 5.11 Å². The number of hydrogen-bond donors (Lipinski definition) is 2. The molecule has 0 spiro atoms. The normalized spacial score (nSPS) is 27.8. The molecule has 1 saturated heterocycles. The molecule has 3 heteroatoms. The van der Waals surface area contributed by atoms with E-state index < -0.39 is 0 Å². The molecule has 0 radical (unpaired) electrons. The first-order valence-corrected chi connectivity index (χ1v) is 4.82. The van der Waals surface area contributed by atoms with E-state index in [1.54, 1.807) is 0 Å². The minimum absolute atomic E-state index is 0.0544. The second kappa shape index (κ2) is 3.66. The van der Waals surface area contributed by atoms with Crippen molar-refractivity contribution in [2.45, 2.75) is 18.6 Å². The summed E-state index contributed by atoms with van der Waals surface area (Å²) in [6, 6.07) is 7.68. The van der Waals surface area contributed by atoms with Gasteiger partial charge >= 0.3 is 0 Å². The predicted molar refractivity (Wildman–Crippen MR) is 52.8 cm³/mol. The zero-order valence-corrected chi connectivity index (χ0v) is 7.96. The van der Waals surface area contributed by atoms with Crippen LogP contribution in [0.5, 0.6) is 0 Å². The van der Waals surface area contributed by atoms with Crippen LogP contribution in [-0.4, -0.2) is 17.8 Å². The molecule has 1 heterocycles. The molecule has 2 atom stereocenters. The third-order valence-electron chi connectivity index (χ3n) is 2.40. The smallest absolute Gasteiger partial charge is 0.0747 e. The van der Waals surface area contributed by atoms with E-state index >= 15 is 0 Å². The first-order valence-electron chi connectivity index (χ1n) is 4.44. The minimum atomic E-state index is -0.279. The molecular formula is C10H12ClNO. The van der Waals surface area contributed by atoms with Gasteiger partial charge in [-0.05, 0) is 30.7 Å². The second-order valence-electron chi connectivity index (χ2n) is 3.34. The molecule has 70 valence electrons. The molecule has 0 aliphatic carbocycles. The Morgan fingerprint density at radius 1 is 1.46 bits per heavy atom. The van der Waals surface area contributed by atoms with Crippen molar-refractivity contribution in [1.29, 1.82) is 0 Å². The summed E-state index contributed by atoms with van der Waals surface area (Å²) in [5.74, 6) is 0. The van der Waals surface area contributed by atoms with Gasteiger partial charge in [-0.25, -0.2) is 0 Å². The fraction of sp³-hybridized carbons (Fsp3) is 0.400. The van der Waals surface area contributed by atoms with E-state index in [-0.39, 0.29) is 12.1 Å². The van der Waals surface area contributed by atoms with Gasteiger partial charge in [-0.1, -0.05) is 23.7 Å². The van der Waals surface area contributed by atoms with Gasteiger partial charge in [0, 0.05) is 5.02 Å². The fourth-order valence-corrected chi connectivity index (χ4v) is 1.93. The van der Waals surface area contributed by atoms with Crippen LogP contribution in [-0.2, 0) is 0 Å². The Labute approximate surface area is 82.5 Å². The number of benzene rings is 1. The van der Waals surface area contributed by atoms with Crippen molar-refractivity contribution in [1.82, 2.24) is 5.32 Å². The van der Waals surface area contributed by atoms with Crippen LogP contribution in [0.4, 0.5) is 0 Å². The summed E-state index contributed by atoms with van der Waals surface area (Å²) < 4.78 is 0. The number of nitrogens with one attached hydrogen (secondary N) is 1. The van der Waals surface area contributed by atoms with Gasteiger partial charge in [-0.3, -0.25) is 0 Å². The number of halogens is 1. The molecule has 0 unspecified atom stereocenters. The molecule has 2 nitrogen and oxygen atoms in total. The van der Waals surface area contributed by atoms with Crippen LogP contribution in [0.25, 0.3) is 0 Å². The van der Waals surface area contributed by atoms with Crippen LogP contribution in [0.2, 0.25) is 5.02 Å². The molecule has 0 aromatic heterocycles. The Kier molecular flexibility index (Phi) is 2.54. The summed E-state index contributed by atoms with van der Waals surface area (Å²) in [5, 5.41) is 13.6. The average Bonchev–Trinajstić information content (AvgIpc) is 2.51. The minimum Gasteiger partial charge on any atom is -0.391 e. The highest BCUT2D eigenvalue weighted by atomic mass is 35.5. The average molecular weight is 198 g/mol. The topological polar surface area (TPSA) is 32.3 Å². The molecule has 1 aromatic carbocycles. The van der Waals surface area contributed by atoms with Gasteiger partial charge in [0.15, 0.2) is 0 Å². The maximum Gasteiger partial charge on any atom is 0.0747 e. The molecule has 2 N–H and O–H groups in total. The van der Waals surface area contributed by atoms with Crippen LogP contribution in [0.15, 0.2) is 24.3 Å². The Hall–Kier alpha value is -0.570. The van der Waals surface area contributed by atoms with Gasteiger partial charge in [0.1, 0.15) is 0 Å². The highest BCUT2D eigenvalue weighted by Crippen LogP contribution is 2.25. The third kappa shape index (κ3) is 1.85. The number of hydrogen-bond acceptors (Lipinski definition) is 2. The third-order valence-corrected chi connectivity index (χ3v) is 2.63. The lowest BCUT2D eigenvalue weighted by atomic mass is 10.0. The molecule has 1 aliphatic rings. The number of aliphatic hydroxyl groups excluding tert-OH is 1. The van der Waals surface area contributed by atoms with Crippen molar-refractivity contribution in [2.75, 3.05) is 6.54 Å².